The lowest BCUT2D eigenvalue weighted by molar-refractivity contribution is 0.0649. The number of hydrogen-bond acceptors (Lipinski definition) is 3. The summed E-state index contributed by atoms with van der Waals surface area (Å²) < 4.78 is 7.90. The van der Waals surface area contributed by atoms with E-state index in [2.05, 4.69) is 9.55 Å². The zero-order chi connectivity index (χ0) is 18.0. The molecule has 0 amide bonds. The highest BCUT2D eigenvalue weighted by molar-refractivity contribution is 6.31. The van der Waals surface area contributed by atoms with Crippen LogP contribution in [0, 0.1) is 6.92 Å². The Morgan fingerprint density at radius 2 is 1.96 bits per heavy atom. The maximum absolute atomic E-state index is 10.4. The first kappa shape index (κ1) is 17.8. The summed E-state index contributed by atoms with van der Waals surface area (Å²) in [4.78, 5) is 4.60. The van der Waals surface area contributed by atoms with Crippen LogP contribution in [0.3, 0.4) is 0 Å². The molecule has 0 aliphatic rings. The average molecular weight is 359 g/mol. The molecule has 1 N–H and O–H groups in total. The van der Waals surface area contributed by atoms with E-state index in [0.717, 1.165) is 40.3 Å². The van der Waals surface area contributed by atoms with Crippen LogP contribution in [0.1, 0.15) is 31.7 Å². The molecular formula is C20H23ClN2O2. The zero-order valence-corrected chi connectivity index (χ0v) is 15.5. The normalized spacial score (nSPS) is 11.9. The van der Waals surface area contributed by atoms with E-state index < -0.39 is 5.60 Å². The molecule has 0 saturated carbocycles. The van der Waals surface area contributed by atoms with Crippen LogP contribution >= 0.6 is 11.6 Å². The van der Waals surface area contributed by atoms with E-state index in [0.29, 0.717) is 12.4 Å². The number of imidazole rings is 1. The zero-order valence-electron chi connectivity index (χ0n) is 14.8. The van der Waals surface area contributed by atoms with Gasteiger partial charge in [0.05, 0.1) is 17.6 Å². The summed E-state index contributed by atoms with van der Waals surface area (Å²) in [6, 6.07) is 13.6. The molecule has 0 bridgehead atoms. The summed E-state index contributed by atoms with van der Waals surface area (Å²) in [5.74, 6) is 1.50. The number of rotatable bonds is 6. The van der Waals surface area contributed by atoms with Crippen molar-refractivity contribution < 1.29 is 9.84 Å². The Balaban J connectivity index is 1.71. The van der Waals surface area contributed by atoms with Gasteiger partial charge in [-0.05, 0) is 63.1 Å². The molecule has 3 aromatic rings. The van der Waals surface area contributed by atoms with E-state index >= 15 is 0 Å². The maximum Gasteiger partial charge on any atom is 0.141 e. The molecule has 1 heterocycles. The quantitative estimate of drug-likeness (QED) is 0.650. The van der Waals surface area contributed by atoms with Gasteiger partial charge in [0.15, 0.2) is 0 Å². The number of para-hydroxylation sites is 2. The molecule has 0 spiro atoms. The van der Waals surface area contributed by atoms with Gasteiger partial charge in [0.2, 0.25) is 0 Å². The molecule has 3 rings (SSSR count). The van der Waals surface area contributed by atoms with Crippen molar-refractivity contribution in [1.29, 1.82) is 0 Å². The molecule has 1 aromatic heterocycles. The second-order valence-electron chi connectivity index (χ2n) is 6.75. The van der Waals surface area contributed by atoms with Gasteiger partial charge in [0.25, 0.3) is 0 Å². The molecule has 4 nitrogen and oxygen atoms in total. The molecule has 0 aliphatic carbocycles. The fraction of sp³-hybridized carbons (Fsp3) is 0.350. The van der Waals surface area contributed by atoms with E-state index in [1.54, 1.807) is 13.8 Å². The van der Waals surface area contributed by atoms with E-state index in [-0.39, 0.29) is 0 Å². The van der Waals surface area contributed by atoms with Crippen LogP contribution in [0.15, 0.2) is 42.5 Å². The van der Waals surface area contributed by atoms with Crippen LogP contribution < -0.4 is 4.74 Å². The fourth-order valence-electron chi connectivity index (χ4n) is 2.89. The van der Waals surface area contributed by atoms with Gasteiger partial charge in [-0.1, -0.05) is 23.7 Å². The molecule has 0 saturated heterocycles. The highest BCUT2D eigenvalue weighted by atomic mass is 35.5. The van der Waals surface area contributed by atoms with Gasteiger partial charge in [-0.3, -0.25) is 0 Å². The summed E-state index contributed by atoms with van der Waals surface area (Å²) in [7, 11) is 0. The third-order valence-electron chi connectivity index (χ3n) is 4.13. The molecule has 5 heteroatoms. The molecule has 0 atom stereocenters. The lowest BCUT2D eigenvalue weighted by atomic mass is 10.1. The second-order valence-corrected chi connectivity index (χ2v) is 7.15. The number of ether oxygens (including phenoxy) is 1. The Bertz CT molecular complexity index is 881. The Morgan fingerprint density at radius 1 is 1.20 bits per heavy atom. The third-order valence-corrected chi connectivity index (χ3v) is 4.55. The van der Waals surface area contributed by atoms with Crippen LogP contribution in [0.25, 0.3) is 11.0 Å². The summed E-state index contributed by atoms with van der Waals surface area (Å²) in [6.07, 6.45) is 0.811. The van der Waals surface area contributed by atoms with Crippen molar-refractivity contribution in [3.05, 3.63) is 58.9 Å². The summed E-state index contributed by atoms with van der Waals surface area (Å²) in [6.45, 7) is 6.79. The minimum absolute atomic E-state index is 0.582. The molecule has 2 aromatic carbocycles. The number of nitrogens with zero attached hydrogens (tertiary/aromatic N) is 2. The Hall–Kier alpha value is -2.04. The van der Waals surface area contributed by atoms with Crippen molar-refractivity contribution in [3.63, 3.8) is 0 Å². The summed E-state index contributed by atoms with van der Waals surface area (Å²) >= 11 is 6.04. The van der Waals surface area contributed by atoms with Crippen molar-refractivity contribution in [2.24, 2.45) is 0 Å². The first-order valence-electron chi connectivity index (χ1n) is 8.43. The first-order chi connectivity index (χ1) is 11.9. The Kier molecular flexibility index (Phi) is 5.02. The van der Waals surface area contributed by atoms with Gasteiger partial charge in [0.1, 0.15) is 17.2 Å². The van der Waals surface area contributed by atoms with Gasteiger partial charge in [-0.2, -0.15) is 0 Å². The van der Waals surface area contributed by atoms with Crippen LogP contribution in [0.4, 0.5) is 0 Å². The predicted molar refractivity (Wildman–Crippen MR) is 101 cm³/mol. The van der Waals surface area contributed by atoms with E-state index in [1.807, 2.05) is 49.4 Å². The predicted octanol–water partition coefficient (Wildman–Crippen LogP) is 4.69. The lowest BCUT2D eigenvalue weighted by Crippen LogP contribution is -2.22. The molecule has 25 heavy (non-hydrogen) atoms. The summed E-state index contributed by atoms with van der Waals surface area (Å²) in [5, 5.41) is 11.2. The first-order valence-corrected chi connectivity index (χ1v) is 8.81. The topological polar surface area (TPSA) is 47.3 Å². The number of halogens is 1. The minimum Gasteiger partial charge on any atom is -0.494 e. The highest BCUT2D eigenvalue weighted by Gasteiger charge is 2.24. The molecule has 0 unspecified atom stereocenters. The van der Waals surface area contributed by atoms with E-state index in [9.17, 15) is 5.11 Å². The number of aromatic nitrogens is 2. The van der Waals surface area contributed by atoms with Crippen LogP contribution in [-0.4, -0.2) is 21.3 Å². The van der Waals surface area contributed by atoms with Gasteiger partial charge < -0.3 is 14.4 Å². The lowest BCUT2D eigenvalue weighted by Gasteiger charge is -2.19. The summed E-state index contributed by atoms with van der Waals surface area (Å²) in [5.41, 5.74) is 1.94. The maximum atomic E-state index is 10.4. The van der Waals surface area contributed by atoms with Crippen LogP contribution in [0.2, 0.25) is 5.02 Å². The van der Waals surface area contributed by atoms with Crippen molar-refractivity contribution in [2.75, 3.05) is 6.61 Å². The molecular weight excluding hydrogens is 336 g/mol. The Labute approximate surface area is 153 Å². The van der Waals surface area contributed by atoms with Gasteiger partial charge in [-0.15, -0.1) is 0 Å². The molecule has 132 valence electrons. The van der Waals surface area contributed by atoms with Crippen molar-refractivity contribution in [1.82, 2.24) is 9.55 Å². The smallest absolute Gasteiger partial charge is 0.141 e. The second kappa shape index (κ2) is 7.06. The van der Waals surface area contributed by atoms with Gasteiger partial charge >= 0.3 is 0 Å². The van der Waals surface area contributed by atoms with E-state index in [1.165, 1.54) is 0 Å². The van der Waals surface area contributed by atoms with Crippen molar-refractivity contribution in [3.8, 4) is 5.75 Å². The van der Waals surface area contributed by atoms with Crippen LogP contribution in [-0.2, 0) is 12.1 Å². The Morgan fingerprint density at radius 3 is 2.68 bits per heavy atom. The van der Waals surface area contributed by atoms with Gasteiger partial charge in [0, 0.05) is 11.6 Å². The number of fused-ring (bicyclic) bond motifs is 1. The molecule has 0 aliphatic heterocycles. The number of hydrogen-bond donors (Lipinski definition) is 1. The molecule has 0 radical (unpaired) electrons. The minimum atomic E-state index is -0.993. The van der Waals surface area contributed by atoms with Crippen molar-refractivity contribution in [2.45, 2.75) is 39.3 Å². The monoisotopic (exact) mass is 358 g/mol. The van der Waals surface area contributed by atoms with Crippen molar-refractivity contribution >= 4 is 22.6 Å². The third kappa shape index (κ3) is 3.97. The highest BCUT2D eigenvalue weighted by Crippen LogP contribution is 2.25. The number of aryl methyl sites for hydroxylation is 2. The number of benzene rings is 2. The SMILES string of the molecule is Cc1cc(OCCCn2c(C(C)(C)O)nc3ccccc32)ccc1Cl. The number of aliphatic hydroxyl groups is 1. The molecule has 0 fully saturated rings. The fourth-order valence-corrected chi connectivity index (χ4v) is 3.01. The van der Waals surface area contributed by atoms with Crippen LogP contribution in [0.5, 0.6) is 5.75 Å². The van der Waals surface area contributed by atoms with E-state index in [4.69, 9.17) is 16.3 Å². The average Bonchev–Trinajstić information content (AvgIpc) is 2.94. The standard InChI is InChI=1S/C20H23ClN2O2/c1-14-13-15(9-10-16(14)21)25-12-6-11-23-18-8-5-4-7-17(18)22-19(23)20(2,3)24/h4-5,7-10,13,24H,6,11-12H2,1-3H3. The largest absolute Gasteiger partial charge is 0.494 e. The van der Waals surface area contributed by atoms with Gasteiger partial charge in [-0.25, -0.2) is 4.98 Å².